The Labute approximate surface area is 122 Å². The molecular formula is C15H22ClNO2. The molecule has 0 fully saturated rings. The molecule has 0 aliphatic rings. The number of hydrogen-bond acceptors (Lipinski definition) is 3. The van der Waals surface area contributed by atoms with Gasteiger partial charge in [-0.1, -0.05) is 18.9 Å². The fraction of sp³-hybridized carbons (Fsp3) is 0.467. The van der Waals surface area contributed by atoms with Gasteiger partial charge in [0.15, 0.2) is 11.5 Å². The molecule has 106 valence electrons. The van der Waals surface area contributed by atoms with Crippen molar-refractivity contribution in [1.29, 1.82) is 0 Å². The molecule has 3 nitrogen and oxygen atoms in total. The maximum absolute atomic E-state index is 5.40. The van der Waals surface area contributed by atoms with Crippen molar-refractivity contribution in [3.8, 4) is 23.8 Å². The summed E-state index contributed by atoms with van der Waals surface area (Å²) < 4.78 is 10.7. The molecule has 1 aromatic rings. The molecule has 1 aromatic carbocycles. The van der Waals surface area contributed by atoms with Crippen molar-refractivity contribution in [2.75, 3.05) is 13.7 Å². The van der Waals surface area contributed by atoms with E-state index in [1.807, 2.05) is 18.2 Å². The third-order valence-electron chi connectivity index (χ3n) is 2.81. The van der Waals surface area contributed by atoms with Crippen molar-refractivity contribution in [1.82, 2.24) is 5.32 Å². The molecule has 1 atom stereocenters. The van der Waals surface area contributed by atoms with E-state index in [9.17, 15) is 0 Å². The predicted octanol–water partition coefficient (Wildman–Crippen LogP) is 3.02. The van der Waals surface area contributed by atoms with Gasteiger partial charge in [-0.25, -0.2) is 0 Å². The highest BCUT2D eigenvalue weighted by Crippen LogP contribution is 2.27. The molecule has 0 aliphatic heterocycles. The molecule has 0 saturated carbocycles. The van der Waals surface area contributed by atoms with Gasteiger partial charge >= 0.3 is 0 Å². The second-order valence-electron chi connectivity index (χ2n) is 4.17. The van der Waals surface area contributed by atoms with Gasteiger partial charge < -0.3 is 14.8 Å². The summed E-state index contributed by atoms with van der Waals surface area (Å²) in [6.45, 7) is 5.40. The van der Waals surface area contributed by atoms with E-state index >= 15 is 0 Å². The van der Waals surface area contributed by atoms with Crippen LogP contribution in [0, 0.1) is 12.3 Å². The van der Waals surface area contributed by atoms with Crippen LogP contribution in [0.3, 0.4) is 0 Å². The summed E-state index contributed by atoms with van der Waals surface area (Å²) in [5.74, 6) is 3.84. The zero-order valence-electron chi connectivity index (χ0n) is 11.7. The van der Waals surface area contributed by atoms with Gasteiger partial charge in [-0.15, -0.1) is 18.8 Å². The number of nitrogens with one attached hydrogen (secondary N) is 1. The number of rotatable bonds is 7. The number of benzene rings is 1. The molecule has 1 unspecified atom stereocenters. The van der Waals surface area contributed by atoms with Gasteiger partial charge in [-0.3, -0.25) is 0 Å². The van der Waals surface area contributed by atoms with E-state index in [-0.39, 0.29) is 19.0 Å². The summed E-state index contributed by atoms with van der Waals surface area (Å²) in [6.07, 6.45) is 6.28. The van der Waals surface area contributed by atoms with E-state index in [4.69, 9.17) is 15.9 Å². The molecule has 0 radical (unpaired) electrons. The van der Waals surface area contributed by atoms with Crippen molar-refractivity contribution in [2.45, 2.75) is 32.9 Å². The first-order valence-corrected chi connectivity index (χ1v) is 6.17. The van der Waals surface area contributed by atoms with Crippen LogP contribution in [0.25, 0.3) is 0 Å². The first-order chi connectivity index (χ1) is 8.71. The van der Waals surface area contributed by atoms with Crippen molar-refractivity contribution in [3.63, 3.8) is 0 Å². The van der Waals surface area contributed by atoms with Crippen LogP contribution in [0.15, 0.2) is 18.2 Å². The average molecular weight is 284 g/mol. The lowest BCUT2D eigenvalue weighted by Gasteiger charge is -2.13. The number of terminal acetylenes is 1. The molecule has 0 bridgehead atoms. The highest BCUT2D eigenvalue weighted by Gasteiger charge is 2.06. The summed E-state index contributed by atoms with van der Waals surface area (Å²) in [4.78, 5) is 0. The maximum atomic E-state index is 5.40. The first kappa shape index (κ1) is 17.6. The molecule has 0 saturated heterocycles. The number of methoxy groups -OCH3 is 1. The van der Waals surface area contributed by atoms with E-state index in [2.05, 4.69) is 25.1 Å². The topological polar surface area (TPSA) is 30.5 Å². The fourth-order valence-corrected chi connectivity index (χ4v) is 1.50. The summed E-state index contributed by atoms with van der Waals surface area (Å²) in [5, 5.41) is 3.43. The number of hydrogen-bond donors (Lipinski definition) is 1. The largest absolute Gasteiger partial charge is 0.493 e. The Bertz CT molecular complexity index is 415. The Morgan fingerprint density at radius 1 is 1.37 bits per heavy atom. The predicted molar refractivity (Wildman–Crippen MR) is 81.2 cm³/mol. The smallest absolute Gasteiger partial charge is 0.162 e. The van der Waals surface area contributed by atoms with Crippen molar-refractivity contribution in [2.24, 2.45) is 0 Å². The van der Waals surface area contributed by atoms with Crippen LogP contribution in [-0.2, 0) is 6.54 Å². The molecule has 0 spiro atoms. The van der Waals surface area contributed by atoms with Gasteiger partial charge in [0.05, 0.1) is 7.11 Å². The minimum absolute atomic E-state index is 0. The van der Waals surface area contributed by atoms with E-state index < -0.39 is 0 Å². The van der Waals surface area contributed by atoms with Gasteiger partial charge in [0.25, 0.3) is 0 Å². The summed E-state index contributed by atoms with van der Waals surface area (Å²) >= 11 is 0. The van der Waals surface area contributed by atoms with Crippen LogP contribution in [0.2, 0.25) is 0 Å². The van der Waals surface area contributed by atoms with E-state index in [1.54, 1.807) is 7.11 Å². The third kappa shape index (κ3) is 5.87. The van der Waals surface area contributed by atoms with Gasteiger partial charge in [-0.05, 0) is 31.0 Å². The quantitative estimate of drug-likeness (QED) is 0.781. The molecule has 0 aromatic heterocycles. The van der Waals surface area contributed by atoms with Crippen molar-refractivity contribution >= 4 is 12.4 Å². The second-order valence-corrected chi connectivity index (χ2v) is 4.17. The molecule has 1 rings (SSSR count). The molecular weight excluding hydrogens is 262 g/mol. The monoisotopic (exact) mass is 283 g/mol. The Morgan fingerprint density at radius 2 is 2.11 bits per heavy atom. The van der Waals surface area contributed by atoms with E-state index in [1.165, 1.54) is 5.56 Å². The Balaban J connectivity index is 0.00000324. The van der Waals surface area contributed by atoms with Gasteiger partial charge in [0.2, 0.25) is 0 Å². The van der Waals surface area contributed by atoms with E-state index in [0.29, 0.717) is 17.5 Å². The van der Waals surface area contributed by atoms with Crippen molar-refractivity contribution < 1.29 is 9.47 Å². The Morgan fingerprint density at radius 3 is 2.68 bits per heavy atom. The lowest BCUT2D eigenvalue weighted by Crippen LogP contribution is -2.24. The average Bonchev–Trinajstić information content (AvgIpc) is 2.42. The van der Waals surface area contributed by atoms with E-state index in [0.717, 1.165) is 13.0 Å². The van der Waals surface area contributed by atoms with Crippen LogP contribution >= 0.6 is 12.4 Å². The molecule has 0 aliphatic carbocycles. The Hall–Kier alpha value is -1.37. The minimum atomic E-state index is 0. The number of halogens is 1. The normalized spacial score (nSPS) is 11.1. The zero-order chi connectivity index (χ0) is 13.4. The van der Waals surface area contributed by atoms with Crippen LogP contribution in [0.4, 0.5) is 0 Å². The van der Waals surface area contributed by atoms with Crippen LogP contribution < -0.4 is 14.8 Å². The summed E-state index contributed by atoms with van der Waals surface area (Å²) in [6, 6.07) is 6.39. The number of ether oxygens (including phenoxy) is 2. The van der Waals surface area contributed by atoms with Gasteiger partial charge in [0, 0.05) is 12.6 Å². The van der Waals surface area contributed by atoms with Crippen LogP contribution in [0.5, 0.6) is 11.5 Å². The fourth-order valence-electron chi connectivity index (χ4n) is 1.50. The lowest BCUT2D eigenvalue weighted by molar-refractivity contribution is 0.330. The first-order valence-electron chi connectivity index (χ1n) is 6.17. The van der Waals surface area contributed by atoms with Crippen molar-refractivity contribution in [3.05, 3.63) is 23.8 Å². The summed E-state index contributed by atoms with van der Waals surface area (Å²) in [7, 11) is 1.63. The van der Waals surface area contributed by atoms with Gasteiger partial charge in [-0.2, -0.15) is 0 Å². The highest BCUT2D eigenvalue weighted by molar-refractivity contribution is 5.85. The standard InChI is InChI=1S/C15H21NO2.ClH/c1-5-9-18-14-8-7-13(10-15(14)17-4)11-16-12(3)6-2;/h1,7-8,10,12,16H,6,9,11H2,2-4H3;1H. The molecule has 19 heavy (non-hydrogen) atoms. The molecule has 0 amide bonds. The highest BCUT2D eigenvalue weighted by atomic mass is 35.5. The lowest BCUT2D eigenvalue weighted by atomic mass is 10.2. The molecule has 1 N–H and O–H groups in total. The molecule has 0 heterocycles. The van der Waals surface area contributed by atoms with Crippen LogP contribution in [0.1, 0.15) is 25.8 Å². The maximum Gasteiger partial charge on any atom is 0.162 e. The molecule has 4 heteroatoms. The summed E-state index contributed by atoms with van der Waals surface area (Å²) in [5.41, 5.74) is 1.17. The van der Waals surface area contributed by atoms with Crippen LogP contribution in [-0.4, -0.2) is 19.8 Å². The Kier molecular flexibility index (Phi) is 8.86. The van der Waals surface area contributed by atoms with Gasteiger partial charge in [0.1, 0.15) is 6.61 Å². The SMILES string of the molecule is C#CCOc1ccc(CNC(C)CC)cc1OC.Cl. The second kappa shape index (κ2) is 9.55. The minimum Gasteiger partial charge on any atom is -0.493 e. The third-order valence-corrected chi connectivity index (χ3v) is 2.81. The zero-order valence-corrected chi connectivity index (χ0v) is 12.5.